The number of piperidine rings is 1. The van der Waals surface area contributed by atoms with E-state index in [0.717, 1.165) is 23.2 Å². The zero-order valence-corrected chi connectivity index (χ0v) is 18.5. The van der Waals surface area contributed by atoms with E-state index in [9.17, 15) is 14.4 Å². The Labute approximate surface area is 179 Å². The van der Waals surface area contributed by atoms with Crippen molar-refractivity contribution < 1.29 is 14.4 Å². The molecule has 4 rings (SSSR count). The summed E-state index contributed by atoms with van der Waals surface area (Å²) in [7, 11) is 0. The molecular formula is C24H35N3O3. The Morgan fingerprint density at radius 3 is 2.53 bits per heavy atom. The lowest BCUT2D eigenvalue weighted by Gasteiger charge is -2.29. The molecule has 0 spiro atoms. The molecule has 164 valence electrons. The van der Waals surface area contributed by atoms with Crippen molar-refractivity contribution in [1.82, 2.24) is 15.5 Å². The smallest absolute Gasteiger partial charge is 0.255 e. The van der Waals surface area contributed by atoms with E-state index in [4.69, 9.17) is 0 Å². The molecule has 0 bridgehead atoms. The van der Waals surface area contributed by atoms with E-state index in [0.29, 0.717) is 18.5 Å². The Balaban J connectivity index is 0.000000199. The van der Waals surface area contributed by atoms with Crippen molar-refractivity contribution in [3.63, 3.8) is 0 Å². The summed E-state index contributed by atoms with van der Waals surface area (Å²) in [6, 6.07) is 6.69. The molecule has 0 aromatic heterocycles. The van der Waals surface area contributed by atoms with Gasteiger partial charge in [-0.25, -0.2) is 0 Å². The van der Waals surface area contributed by atoms with Crippen molar-refractivity contribution in [2.24, 2.45) is 0 Å². The zero-order chi connectivity index (χ0) is 21.7. The fourth-order valence-corrected chi connectivity index (χ4v) is 4.49. The minimum atomic E-state index is -0.530. The summed E-state index contributed by atoms with van der Waals surface area (Å²) in [6.07, 6.45) is 9.10. The lowest BCUT2D eigenvalue weighted by atomic mass is 9.95. The standard InChI is InChI=1S/C14H14N2O3.C10H21N/c1-8-2-3-10-9(6-8)7-16(14(10)19)11-4-5-12(17)15-13(11)18;1-3-9(2)11-10-7-5-4-6-8-10/h2-3,6,11H,4-5,7H2,1H3,(H,15,17,18);9-11H,3-8H2,1-2H3. The summed E-state index contributed by atoms with van der Waals surface area (Å²) in [5.74, 6) is -0.750. The number of carbonyl (C=O) groups is 3. The Morgan fingerprint density at radius 2 is 1.87 bits per heavy atom. The molecule has 1 aromatic carbocycles. The number of aryl methyl sites for hydroxylation is 1. The molecule has 1 aromatic rings. The van der Waals surface area contributed by atoms with E-state index in [1.807, 2.05) is 19.1 Å². The molecule has 2 aliphatic heterocycles. The summed E-state index contributed by atoms with van der Waals surface area (Å²) in [6.45, 7) is 6.95. The fourth-order valence-electron chi connectivity index (χ4n) is 4.49. The molecule has 3 aliphatic rings. The van der Waals surface area contributed by atoms with Crippen molar-refractivity contribution in [1.29, 1.82) is 0 Å². The third-order valence-corrected chi connectivity index (χ3v) is 6.42. The highest BCUT2D eigenvalue weighted by Gasteiger charge is 2.38. The predicted octanol–water partition coefficient (Wildman–Crippen LogP) is 3.46. The van der Waals surface area contributed by atoms with Gasteiger partial charge in [-0.2, -0.15) is 0 Å². The number of benzene rings is 1. The first-order chi connectivity index (χ1) is 14.4. The first-order valence-corrected chi connectivity index (χ1v) is 11.4. The number of carbonyl (C=O) groups excluding carboxylic acids is 3. The summed E-state index contributed by atoms with van der Waals surface area (Å²) in [5.41, 5.74) is 2.71. The Kier molecular flexibility index (Phi) is 7.64. The van der Waals surface area contributed by atoms with Crippen LogP contribution in [0.1, 0.15) is 86.7 Å². The van der Waals surface area contributed by atoms with Gasteiger partial charge in [0.2, 0.25) is 11.8 Å². The summed E-state index contributed by atoms with van der Waals surface area (Å²) in [5, 5.41) is 5.96. The van der Waals surface area contributed by atoms with Gasteiger partial charge in [0.15, 0.2) is 0 Å². The summed E-state index contributed by atoms with van der Waals surface area (Å²) < 4.78 is 0. The van der Waals surface area contributed by atoms with Crippen LogP contribution < -0.4 is 10.6 Å². The monoisotopic (exact) mass is 413 g/mol. The van der Waals surface area contributed by atoms with Crippen LogP contribution in [0, 0.1) is 6.92 Å². The van der Waals surface area contributed by atoms with Crippen LogP contribution >= 0.6 is 0 Å². The van der Waals surface area contributed by atoms with E-state index in [1.165, 1.54) is 38.5 Å². The topological polar surface area (TPSA) is 78.5 Å². The van der Waals surface area contributed by atoms with Crippen LogP contribution in [0.4, 0.5) is 0 Å². The largest absolute Gasteiger partial charge is 0.322 e. The molecular weight excluding hydrogens is 378 g/mol. The molecule has 0 radical (unpaired) electrons. The van der Waals surface area contributed by atoms with Gasteiger partial charge in [0.05, 0.1) is 0 Å². The lowest BCUT2D eigenvalue weighted by molar-refractivity contribution is -0.136. The van der Waals surface area contributed by atoms with Gasteiger partial charge in [0, 0.05) is 30.6 Å². The number of nitrogens with one attached hydrogen (secondary N) is 2. The van der Waals surface area contributed by atoms with E-state index in [2.05, 4.69) is 24.5 Å². The van der Waals surface area contributed by atoms with Crippen molar-refractivity contribution in [3.05, 3.63) is 34.9 Å². The van der Waals surface area contributed by atoms with Gasteiger partial charge in [-0.05, 0) is 51.2 Å². The summed E-state index contributed by atoms with van der Waals surface area (Å²) >= 11 is 0. The third kappa shape index (κ3) is 5.48. The number of fused-ring (bicyclic) bond motifs is 1. The van der Waals surface area contributed by atoms with Gasteiger partial charge in [-0.15, -0.1) is 0 Å². The number of nitrogens with zero attached hydrogens (tertiary/aromatic N) is 1. The Morgan fingerprint density at radius 1 is 1.13 bits per heavy atom. The molecule has 2 atom stereocenters. The molecule has 6 nitrogen and oxygen atoms in total. The maximum Gasteiger partial charge on any atom is 0.255 e. The first-order valence-electron chi connectivity index (χ1n) is 11.4. The number of rotatable bonds is 4. The van der Waals surface area contributed by atoms with Crippen LogP contribution in [0.25, 0.3) is 0 Å². The highest BCUT2D eigenvalue weighted by atomic mass is 16.2. The average Bonchev–Trinajstić information content (AvgIpc) is 3.04. The lowest BCUT2D eigenvalue weighted by Crippen LogP contribution is -2.52. The fraction of sp³-hybridized carbons (Fsp3) is 0.625. The highest BCUT2D eigenvalue weighted by Crippen LogP contribution is 2.27. The van der Waals surface area contributed by atoms with Gasteiger partial charge in [0.1, 0.15) is 6.04 Å². The SMILES string of the molecule is CCC(C)NC1CCCCC1.Cc1ccc2c(c1)CN(C1CCC(=O)NC1=O)C2=O. The van der Waals surface area contributed by atoms with E-state index < -0.39 is 6.04 Å². The van der Waals surface area contributed by atoms with E-state index in [1.54, 1.807) is 11.0 Å². The number of hydrogen-bond donors (Lipinski definition) is 2. The van der Waals surface area contributed by atoms with E-state index in [-0.39, 0.29) is 24.1 Å². The van der Waals surface area contributed by atoms with Gasteiger partial charge >= 0.3 is 0 Å². The van der Waals surface area contributed by atoms with Crippen LogP contribution in [0.5, 0.6) is 0 Å². The van der Waals surface area contributed by atoms with Crippen LogP contribution in [0.2, 0.25) is 0 Å². The van der Waals surface area contributed by atoms with Gasteiger partial charge in [0.25, 0.3) is 5.91 Å². The molecule has 30 heavy (non-hydrogen) atoms. The Hall–Kier alpha value is -2.21. The molecule has 2 N–H and O–H groups in total. The maximum atomic E-state index is 12.3. The van der Waals surface area contributed by atoms with Gasteiger partial charge in [-0.1, -0.05) is 43.9 Å². The number of hydrogen-bond acceptors (Lipinski definition) is 4. The van der Waals surface area contributed by atoms with Crippen LogP contribution in [0.15, 0.2) is 18.2 Å². The molecule has 1 aliphatic carbocycles. The molecule has 6 heteroatoms. The van der Waals surface area contributed by atoms with Crippen molar-refractivity contribution >= 4 is 17.7 Å². The van der Waals surface area contributed by atoms with Gasteiger partial charge in [-0.3, -0.25) is 19.7 Å². The second-order valence-corrected chi connectivity index (χ2v) is 8.87. The minimum absolute atomic E-state index is 0.121. The van der Waals surface area contributed by atoms with Crippen LogP contribution in [0.3, 0.4) is 0 Å². The van der Waals surface area contributed by atoms with Gasteiger partial charge < -0.3 is 10.2 Å². The quantitative estimate of drug-likeness (QED) is 0.741. The molecule has 2 unspecified atom stereocenters. The number of imide groups is 1. The highest BCUT2D eigenvalue weighted by molar-refractivity contribution is 6.05. The molecule has 1 saturated heterocycles. The maximum absolute atomic E-state index is 12.3. The molecule has 1 saturated carbocycles. The third-order valence-electron chi connectivity index (χ3n) is 6.42. The summed E-state index contributed by atoms with van der Waals surface area (Å²) in [4.78, 5) is 36.8. The molecule has 2 heterocycles. The van der Waals surface area contributed by atoms with Crippen LogP contribution in [-0.4, -0.2) is 40.7 Å². The van der Waals surface area contributed by atoms with Crippen molar-refractivity contribution in [2.45, 2.75) is 96.8 Å². The predicted molar refractivity (Wildman–Crippen MR) is 117 cm³/mol. The molecule has 3 amide bonds. The second kappa shape index (κ2) is 10.2. The van der Waals surface area contributed by atoms with Crippen molar-refractivity contribution in [2.75, 3.05) is 0 Å². The van der Waals surface area contributed by atoms with E-state index >= 15 is 0 Å². The second-order valence-electron chi connectivity index (χ2n) is 8.87. The van der Waals surface area contributed by atoms with Crippen LogP contribution in [-0.2, 0) is 16.1 Å². The van der Waals surface area contributed by atoms with Crippen molar-refractivity contribution in [3.8, 4) is 0 Å². The molecule has 2 fully saturated rings. The minimum Gasteiger partial charge on any atom is -0.322 e. The first kappa shape index (κ1) is 22.5. The average molecular weight is 414 g/mol. The Bertz CT molecular complexity index is 786. The zero-order valence-electron chi connectivity index (χ0n) is 18.5. The number of amides is 3. The normalized spacial score (nSPS) is 22.8.